The fourth-order valence-electron chi connectivity index (χ4n) is 3.26. The van der Waals surface area contributed by atoms with Crippen molar-refractivity contribution in [3.05, 3.63) is 94.5 Å². The van der Waals surface area contributed by atoms with E-state index in [1.165, 1.54) is 0 Å². The molecular formula is C23H22ClN5O2. The Balaban J connectivity index is 1.39. The number of aromatic nitrogens is 4. The van der Waals surface area contributed by atoms with Gasteiger partial charge in [-0.1, -0.05) is 41.9 Å². The summed E-state index contributed by atoms with van der Waals surface area (Å²) >= 11 is 6.09. The van der Waals surface area contributed by atoms with E-state index in [4.69, 9.17) is 16.3 Å². The molecule has 7 nitrogen and oxygen atoms in total. The third-order valence-corrected chi connectivity index (χ3v) is 5.24. The lowest BCUT2D eigenvalue weighted by Crippen LogP contribution is -2.24. The summed E-state index contributed by atoms with van der Waals surface area (Å²) in [6.07, 6.45) is 1.69. The van der Waals surface area contributed by atoms with Crippen molar-refractivity contribution in [2.45, 2.75) is 27.1 Å². The molecule has 4 rings (SSSR count). The van der Waals surface area contributed by atoms with Crippen LogP contribution in [0.5, 0.6) is 5.75 Å². The van der Waals surface area contributed by atoms with Crippen molar-refractivity contribution < 1.29 is 9.53 Å². The van der Waals surface area contributed by atoms with Crippen molar-refractivity contribution in [2.75, 3.05) is 0 Å². The zero-order valence-corrected chi connectivity index (χ0v) is 18.0. The Morgan fingerprint density at radius 2 is 1.77 bits per heavy atom. The van der Waals surface area contributed by atoms with E-state index in [-0.39, 0.29) is 12.6 Å². The van der Waals surface area contributed by atoms with Gasteiger partial charge in [-0.25, -0.2) is 9.36 Å². The number of amides is 1. The van der Waals surface area contributed by atoms with E-state index in [0.717, 1.165) is 22.6 Å². The average molecular weight is 436 g/mol. The van der Waals surface area contributed by atoms with Gasteiger partial charge in [-0.3, -0.25) is 4.79 Å². The number of nitrogens with one attached hydrogen (secondary N) is 1. The van der Waals surface area contributed by atoms with E-state index < -0.39 is 0 Å². The molecule has 0 fully saturated rings. The number of carbonyl (C=O) groups excluding carboxylic acids is 1. The Bertz CT molecular complexity index is 1200. The number of nitrogens with zero attached hydrogens (tertiary/aromatic N) is 4. The monoisotopic (exact) mass is 435 g/mol. The van der Waals surface area contributed by atoms with Crippen LogP contribution in [0.15, 0.2) is 66.9 Å². The van der Waals surface area contributed by atoms with Crippen molar-refractivity contribution in [2.24, 2.45) is 0 Å². The summed E-state index contributed by atoms with van der Waals surface area (Å²) in [5.41, 5.74) is 4.15. The summed E-state index contributed by atoms with van der Waals surface area (Å²) in [4.78, 5) is 12.6. The first-order valence-corrected chi connectivity index (χ1v) is 10.2. The largest absolute Gasteiger partial charge is 0.470 e. The molecule has 4 aromatic rings. The van der Waals surface area contributed by atoms with Crippen LogP contribution in [0.2, 0.25) is 5.02 Å². The minimum atomic E-state index is -0.261. The van der Waals surface area contributed by atoms with Crippen LogP contribution < -0.4 is 10.1 Å². The molecule has 0 bridgehead atoms. The lowest BCUT2D eigenvalue weighted by molar-refractivity contribution is 0.0943. The van der Waals surface area contributed by atoms with Gasteiger partial charge in [-0.05, 0) is 44.2 Å². The number of benzene rings is 2. The van der Waals surface area contributed by atoms with Gasteiger partial charge in [0.2, 0.25) is 0 Å². The Hall–Kier alpha value is -3.58. The lowest BCUT2D eigenvalue weighted by Gasteiger charge is -2.08. The summed E-state index contributed by atoms with van der Waals surface area (Å²) in [5, 5.41) is 12.3. The first-order valence-electron chi connectivity index (χ1n) is 9.82. The molecule has 8 heteroatoms. The van der Waals surface area contributed by atoms with E-state index in [9.17, 15) is 4.79 Å². The van der Waals surface area contributed by atoms with Gasteiger partial charge < -0.3 is 10.1 Å². The minimum absolute atomic E-state index is 0.152. The maximum Gasteiger partial charge on any atom is 0.272 e. The molecule has 0 aliphatic heterocycles. The van der Waals surface area contributed by atoms with Gasteiger partial charge in [0, 0.05) is 24.0 Å². The van der Waals surface area contributed by atoms with Crippen molar-refractivity contribution in [1.82, 2.24) is 24.9 Å². The van der Waals surface area contributed by atoms with Crippen molar-refractivity contribution in [3.8, 4) is 11.4 Å². The van der Waals surface area contributed by atoms with Crippen LogP contribution in [0, 0.1) is 13.8 Å². The SMILES string of the molecule is Cc1nn(-c2ccccc2)c(C)c1CNC(=O)c1ccn(COc2ccccc2Cl)n1. The zero-order chi connectivity index (χ0) is 21.8. The molecular weight excluding hydrogens is 414 g/mol. The normalized spacial score (nSPS) is 10.8. The van der Waals surface area contributed by atoms with Gasteiger partial charge in [-0.15, -0.1) is 0 Å². The third-order valence-electron chi connectivity index (χ3n) is 4.93. The van der Waals surface area contributed by atoms with Crippen molar-refractivity contribution in [3.63, 3.8) is 0 Å². The van der Waals surface area contributed by atoms with Gasteiger partial charge in [-0.2, -0.15) is 10.2 Å². The summed E-state index contributed by atoms with van der Waals surface area (Å²) in [6.45, 7) is 4.45. The molecule has 0 radical (unpaired) electrons. The van der Waals surface area contributed by atoms with Gasteiger partial charge in [0.15, 0.2) is 6.73 Å². The number of hydrogen-bond donors (Lipinski definition) is 1. The topological polar surface area (TPSA) is 74.0 Å². The fourth-order valence-corrected chi connectivity index (χ4v) is 3.45. The molecule has 0 aliphatic rings. The van der Waals surface area contributed by atoms with Crippen LogP contribution in [-0.4, -0.2) is 25.5 Å². The predicted octanol–water partition coefficient (Wildman–Crippen LogP) is 4.31. The number of carbonyl (C=O) groups is 1. The molecule has 2 aromatic carbocycles. The van der Waals surface area contributed by atoms with E-state index in [1.807, 2.05) is 61.0 Å². The molecule has 0 saturated carbocycles. The van der Waals surface area contributed by atoms with Crippen LogP contribution in [0.1, 0.15) is 27.4 Å². The molecule has 1 N–H and O–H groups in total. The molecule has 0 unspecified atom stereocenters. The number of rotatable bonds is 7. The first-order chi connectivity index (χ1) is 15.0. The Labute approximate surface area is 185 Å². The molecule has 1 amide bonds. The van der Waals surface area contributed by atoms with Gasteiger partial charge in [0.25, 0.3) is 5.91 Å². The highest BCUT2D eigenvalue weighted by Crippen LogP contribution is 2.23. The summed E-state index contributed by atoms with van der Waals surface area (Å²) < 4.78 is 9.08. The molecule has 0 spiro atoms. The number of halogens is 1. The Morgan fingerprint density at radius 1 is 1.03 bits per heavy atom. The van der Waals surface area contributed by atoms with Crippen LogP contribution in [0.25, 0.3) is 5.69 Å². The maximum absolute atomic E-state index is 12.6. The zero-order valence-electron chi connectivity index (χ0n) is 17.2. The number of ether oxygens (including phenoxy) is 1. The van der Waals surface area contributed by atoms with Crippen molar-refractivity contribution >= 4 is 17.5 Å². The number of para-hydroxylation sites is 2. The molecule has 158 valence electrons. The molecule has 2 heterocycles. The average Bonchev–Trinajstić information content (AvgIpc) is 3.37. The number of aryl methyl sites for hydroxylation is 1. The first kappa shape index (κ1) is 20.7. The van der Waals surface area contributed by atoms with E-state index >= 15 is 0 Å². The van der Waals surface area contributed by atoms with E-state index in [0.29, 0.717) is 23.0 Å². The second-order valence-electron chi connectivity index (χ2n) is 7.02. The van der Waals surface area contributed by atoms with Crippen LogP contribution in [-0.2, 0) is 13.3 Å². The lowest BCUT2D eigenvalue weighted by atomic mass is 10.2. The Kier molecular flexibility index (Phi) is 6.04. The molecule has 0 saturated heterocycles. The highest BCUT2D eigenvalue weighted by Gasteiger charge is 2.15. The minimum Gasteiger partial charge on any atom is -0.470 e. The summed E-state index contributed by atoms with van der Waals surface area (Å²) in [7, 11) is 0. The van der Waals surface area contributed by atoms with Gasteiger partial charge >= 0.3 is 0 Å². The molecule has 31 heavy (non-hydrogen) atoms. The van der Waals surface area contributed by atoms with E-state index in [1.54, 1.807) is 29.1 Å². The van der Waals surface area contributed by atoms with Crippen molar-refractivity contribution in [1.29, 1.82) is 0 Å². The van der Waals surface area contributed by atoms with Gasteiger partial charge in [0.05, 0.1) is 16.4 Å². The Morgan fingerprint density at radius 3 is 2.55 bits per heavy atom. The second kappa shape index (κ2) is 9.06. The second-order valence-corrected chi connectivity index (χ2v) is 7.43. The molecule has 0 aliphatic carbocycles. The maximum atomic E-state index is 12.6. The van der Waals surface area contributed by atoms with Crippen LogP contribution in [0.4, 0.5) is 0 Å². The quantitative estimate of drug-likeness (QED) is 0.469. The van der Waals surface area contributed by atoms with Gasteiger partial charge in [0.1, 0.15) is 11.4 Å². The molecule has 2 aromatic heterocycles. The fraction of sp³-hybridized carbons (Fsp3) is 0.174. The smallest absolute Gasteiger partial charge is 0.272 e. The standard InChI is InChI=1S/C23H22ClN5O2/c1-16-19(17(2)29(26-16)18-8-4-3-5-9-18)14-25-23(30)21-12-13-28(27-21)15-31-22-11-7-6-10-20(22)24/h3-13H,14-15H2,1-2H3,(H,25,30). The highest BCUT2D eigenvalue weighted by molar-refractivity contribution is 6.32. The summed E-state index contributed by atoms with van der Waals surface area (Å²) in [6, 6.07) is 18.8. The molecule has 0 atom stereocenters. The number of hydrogen-bond acceptors (Lipinski definition) is 4. The van der Waals surface area contributed by atoms with E-state index in [2.05, 4.69) is 15.5 Å². The predicted molar refractivity (Wildman–Crippen MR) is 119 cm³/mol. The third kappa shape index (κ3) is 4.62. The van der Waals surface area contributed by atoms with Crippen LogP contribution >= 0.6 is 11.6 Å². The summed E-state index contributed by atoms with van der Waals surface area (Å²) in [5.74, 6) is 0.301. The highest BCUT2D eigenvalue weighted by atomic mass is 35.5. The van der Waals surface area contributed by atoms with Crippen LogP contribution in [0.3, 0.4) is 0 Å².